The van der Waals surface area contributed by atoms with Gasteiger partial charge < -0.3 is 5.11 Å². The van der Waals surface area contributed by atoms with Crippen molar-refractivity contribution in [1.29, 1.82) is 0 Å². The van der Waals surface area contributed by atoms with Crippen LogP contribution in [0.1, 0.15) is 43.7 Å². The van der Waals surface area contributed by atoms with Crippen molar-refractivity contribution in [3.63, 3.8) is 0 Å². The molecule has 1 saturated heterocycles. The maximum Gasteiger partial charge on any atom is 0.104 e. The number of hydrogen-bond acceptors (Lipinski definition) is 2. The Morgan fingerprint density at radius 3 is 2.70 bits per heavy atom. The molecule has 0 unspecified atom stereocenters. The van der Waals surface area contributed by atoms with Crippen molar-refractivity contribution in [3.8, 4) is 11.8 Å². The molecule has 1 N–H and O–H groups in total. The van der Waals surface area contributed by atoms with E-state index in [4.69, 9.17) is 5.11 Å². The van der Waals surface area contributed by atoms with Crippen molar-refractivity contribution >= 4 is 0 Å². The Balaban J connectivity index is 1.94. The summed E-state index contributed by atoms with van der Waals surface area (Å²) < 4.78 is 0. The number of piperidine rings is 1. The van der Waals surface area contributed by atoms with Gasteiger partial charge in [0, 0.05) is 12.1 Å². The maximum absolute atomic E-state index is 8.84. The molecule has 2 nitrogen and oxygen atoms in total. The van der Waals surface area contributed by atoms with Gasteiger partial charge in [-0.25, -0.2) is 0 Å². The molecule has 0 radical (unpaired) electrons. The molecule has 0 bridgehead atoms. The van der Waals surface area contributed by atoms with Crippen molar-refractivity contribution in [2.24, 2.45) is 5.92 Å². The van der Waals surface area contributed by atoms with Crippen LogP contribution in [0.4, 0.5) is 0 Å². The third-order valence-corrected chi connectivity index (χ3v) is 4.12. The fraction of sp³-hybridized carbons (Fsp3) is 0.556. The zero-order chi connectivity index (χ0) is 14.2. The second kappa shape index (κ2) is 8.09. The molecule has 108 valence electrons. The number of nitrogens with zero attached hydrogens (tertiary/aromatic N) is 1. The number of hydrogen-bond donors (Lipinski definition) is 1. The topological polar surface area (TPSA) is 23.5 Å². The highest BCUT2D eigenvalue weighted by Crippen LogP contribution is 2.23. The standard InChI is InChI=1S/C18H25NO/c1-2-6-16-10-12-19(13-11-16)15-18-8-4-3-7-17(18)9-5-14-20/h3-4,7-8,16,20H,2,6,10-15H2,1H3. The van der Waals surface area contributed by atoms with Crippen LogP contribution in [0.25, 0.3) is 0 Å². The predicted molar refractivity (Wildman–Crippen MR) is 83.3 cm³/mol. The SMILES string of the molecule is CCCC1CCN(Cc2ccccc2C#CCO)CC1. The average Bonchev–Trinajstić information content (AvgIpc) is 2.49. The molecule has 0 spiro atoms. The Labute approximate surface area is 122 Å². The number of rotatable bonds is 4. The lowest BCUT2D eigenvalue weighted by atomic mass is 9.92. The number of likely N-dealkylation sites (tertiary alicyclic amines) is 1. The van der Waals surface area contributed by atoms with Crippen LogP contribution in [-0.2, 0) is 6.54 Å². The van der Waals surface area contributed by atoms with E-state index < -0.39 is 0 Å². The Kier molecular flexibility index (Phi) is 6.11. The molecular formula is C18H25NO. The van der Waals surface area contributed by atoms with Crippen LogP contribution in [0.5, 0.6) is 0 Å². The third-order valence-electron chi connectivity index (χ3n) is 4.12. The van der Waals surface area contributed by atoms with E-state index in [1.807, 2.05) is 12.1 Å². The summed E-state index contributed by atoms with van der Waals surface area (Å²) in [6.07, 6.45) is 5.35. The summed E-state index contributed by atoms with van der Waals surface area (Å²) in [7, 11) is 0. The van der Waals surface area contributed by atoms with Crippen LogP contribution in [0.2, 0.25) is 0 Å². The lowest BCUT2D eigenvalue weighted by Gasteiger charge is -2.32. The number of aliphatic hydroxyl groups is 1. The molecular weight excluding hydrogens is 246 g/mol. The molecule has 0 amide bonds. The zero-order valence-corrected chi connectivity index (χ0v) is 12.4. The van der Waals surface area contributed by atoms with Crippen LogP contribution in [-0.4, -0.2) is 29.7 Å². The minimum Gasteiger partial charge on any atom is -0.384 e. The molecule has 20 heavy (non-hydrogen) atoms. The lowest BCUT2D eigenvalue weighted by Crippen LogP contribution is -2.33. The zero-order valence-electron chi connectivity index (χ0n) is 12.4. The first-order valence-electron chi connectivity index (χ1n) is 7.73. The van der Waals surface area contributed by atoms with Crippen LogP contribution >= 0.6 is 0 Å². The van der Waals surface area contributed by atoms with E-state index in [2.05, 4.69) is 35.8 Å². The van der Waals surface area contributed by atoms with Gasteiger partial charge in [0.05, 0.1) is 0 Å². The Morgan fingerprint density at radius 2 is 2.00 bits per heavy atom. The smallest absolute Gasteiger partial charge is 0.104 e. The summed E-state index contributed by atoms with van der Waals surface area (Å²) >= 11 is 0. The van der Waals surface area contributed by atoms with E-state index in [0.717, 1.165) is 18.0 Å². The summed E-state index contributed by atoms with van der Waals surface area (Å²) in [5.74, 6) is 6.74. The fourth-order valence-corrected chi connectivity index (χ4v) is 3.00. The summed E-state index contributed by atoms with van der Waals surface area (Å²) in [6, 6.07) is 8.28. The van der Waals surface area contributed by atoms with E-state index in [9.17, 15) is 0 Å². The van der Waals surface area contributed by atoms with Crippen molar-refractivity contribution in [1.82, 2.24) is 4.90 Å². The van der Waals surface area contributed by atoms with Crippen LogP contribution in [0, 0.1) is 17.8 Å². The highest BCUT2D eigenvalue weighted by molar-refractivity contribution is 5.41. The summed E-state index contributed by atoms with van der Waals surface area (Å²) in [5, 5.41) is 8.84. The molecule has 0 atom stereocenters. The van der Waals surface area contributed by atoms with Crippen molar-refractivity contribution in [2.45, 2.75) is 39.2 Å². The summed E-state index contributed by atoms with van der Waals surface area (Å²) in [6.45, 7) is 5.59. The third kappa shape index (κ3) is 4.37. The normalized spacial score (nSPS) is 16.7. The van der Waals surface area contributed by atoms with E-state index in [1.165, 1.54) is 44.3 Å². The highest BCUT2D eigenvalue weighted by atomic mass is 16.2. The van der Waals surface area contributed by atoms with Gasteiger partial charge in [0.1, 0.15) is 6.61 Å². The molecule has 2 rings (SSSR count). The van der Waals surface area contributed by atoms with Gasteiger partial charge in [-0.2, -0.15) is 0 Å². The van der Waals surface area contributed by atoms with Crippen molar-refractivity contribution < 1.29 is 5.11 Å². The van der Waals surface area contributed by atoms with Crippen molar-refractivity contribution in [3.05, 3.63) is 35.4 Å². The Morgan fingerprint density at radius 1 is 1.25 bits per heavy atom. The lowest BCUT2D eigenvalue weighted by molar-refractivity contribution is 0.171. The minimum absolute atomic E-state index is 0.0727. The second-order valence-corrected chi connectivity index (χ2v) is 5.63. The quantitative estimate of drug-likeness (QED) is 0.851. The number of benzene rings is 1. The monoisotopic (exact) mass is 271 g/mol. The van der Waals surface area contributed by atoms with Crippen LogP contribution < -0.4 is 0 Å². The Bertz CT molecular complexity index is 464. The molecule has 1 aliphatic rings. The first-order valence-corrected chi connectivity index (χ1v) is 7.73. The molecule has 1 aromatic rings. The van der Waals surface area contributed by atoms with Crippen LogP contribution in [0.15, 0.2) is 24.3 Å². The van der Waals surface area contributed by atoms with Gasteiger partial charge in [-0.1, -0.05) is 49.8 Å². The van der Waals surface area contributed by atoms with Crippen molar-refractivity contribution in [2.75, 3.05) is 19.7 Å². The largest absolute Gasteiger partial charge is 0.384 e. The maximum atomic E-state index is 8.84. The van der Waals surface area contributed by atoms with E-state index in [-0.39, 0.29) is 6.61 Å². The van der Waals surface area contributed by atoms with E-state index >= 15 is 0 Å². The molecule has 1 fully saturated rings. The second-order valence-electron chi connectivity index (χ2n) is 5.63. The molecule has 1 aliphatic heterocycles. The van der Waals surface area contributed by atoms with Gasteiger partial charge >= 0.3 is 0 Å². The van der Waals surface area contributed by atoms with Gasteiger partial charge in [0.25, 0.3) is 0 Å². The average molecular weight is 271 g/mol. The summed E-state index contributed by atoms with van der Waals surface area (Å²) in [4.78, 5) is 2.53. The molecule has 0 saturated carbocycles. The molecule has 0 aromatic heterocycles. The van der Waals surface area contributed by atoms with Gasteiger partial charge in [0.15, 0.2) is 0 Å². The predicted octanol–water partition coefficient (Wildman–Crippen LogP) is 3.04. The highest BCUT2D eigenvalue weighted by Gasteiger charge is 2.18. The number of aliphatic hydroxyl groups excluding tert-OH is 1. The van der Waals surface area contributed by atoms with E-state index in [1.54, 1.807) is 0 Å². The Hall–Kier alpha value is -1.30. The molecule has 1 heterocycles. The van der Waals surface area contributed by atoms with Crippen LogP contribution in [0.3, 0.4) is 0 Å². The molecule has 0 aliphatic carbocycles. The molecule has 2 heteroatoms. The summed E-state index contributed by atoms with van der Waals surface area (Å²) in [5.41, 5.74) is 2.33. The minimum atomic E-state index is -0.0727. The first-order chi connectivity index (χ1) is 9.83. The van der Waals surface area contributed by atoms with Gasteiger partial charge in [-0.05, 0) is 43.5 Å². The van der Waals surface area contributed by atoms with E-state index in [0.29, 0.717) is 0 Å². The van der Waals surface area contributed by atoms with Gasteiger partial charge in [0.2, 0.25) is 0 Å². The van der Waals surface area contributed by atoms with Gasteiger partial charge in [-0.3, -0.25) is 4.90 Å². The first kappa shape index (κ1) is 15.1. The molecule has 1 aromatic carbocycles. The van der Waals surface area contributed by atoms with Gasteiger partial charge in [-0.15, -0.1) is 0 Å². The fourth-order valence-electron chi connectivity index (χ4n) is 3.00.